The monoisotopic (exact) mass is 291 g/mol. The molecule has 5 heteroatoms. The molecule has 0 aromatic heterocycles. The number of amides is 2. The van der Waals surface area contributed by atoms with Gasteiger partial charge in [0.15, 0.2) is 0 Å². The summed E-state index contributed by atoms with van der Waals surface area (Å²) in [6.07, 6.45) is 2.71. The summed E-state index contributed by atoms with van der Waals surface area (Å²) < 4.78 is 0. The van der Waals surface area contributed by atoms with Gasteiger partial charge in [0, 0.05) is 26.2 Å². The molecule has 1 atom stereocenters. The lowest BCUT2D eigenvalue weighted by Gasteiger charge is -2.21. The molecule has 1 aromatic carbocycles. The summed E-state index contributed by atoms with van der Waals surface area (Å²) in [5.74, 6) is -0.161. The molecular weight excluding hydrogens is 266 g/mol. The third-order valence-electron chi connectivity index (χ3n) is 3.43. The van der Waals surface area contributed by atoms with Crippen molar-refractivity contribution >= 4 is 11.8 Å². The van der Waals surface area contributed by atoms with Crippen molar-refractivity contribution in [2.24, 2.45) is 5.73 Å². The van der Waals surface area contributed by atoms with Gasteiger partial charge in [-0.15, -0.1) is 0 Å². The maximum atomic E-state index is 12.1. The predicted octanol–water partition coefficient (Wildman–Crippen LogP) is 1.52. The summed E-state index contributed by atoms with van der Waals surface area (Å²) in [5.41, 5.74) is 7.48. The Bertz CT molecular complexity index is 471. The van der Waals surface area contributed by atoms with Gasteiger partial charge in [-0.3, -0.25) is 9.59 Å². The predicted molar refractivity (Wildman–Crippen MR) is 83.8 cm³/mol. The third-order valence-corrected chi connectivity index (χ3v) is 3.43. The minimum atomic E-state index is -0.430. The minimum Gasteiger partial charge on any atom is -0.355 e. The van der Waals surface area contributed by atoms with Gasteiger partial charge in [-0.2, -0.15) is 0 Å². The highest BCUT2D eigenvalue weighted by molar-refractivity contribution is 5.93. The van der Waals surface area contributed by atoms with E-state index in [0.29, 0.717) is 12.1 Å². The largest absolute Gasteiger partial charge is 0.355 e. The fraction of sp³-hybridized carbons (Fsp3) is 0.500. The molecule has 1 aromatic rings. The van der Waals surface area contributed by atoms with E-state index in [9.17, 15) is 9.59 Å². The van der Waals surface area contributed by atoms with Crippen LogP contribution in [0.2, 0.25) is 0 Å². The first kappa shape index (κ1) is 17.2. The fourth-order valence-corrected chi connectivity index (χ4v) is 2.09. The topological polar surface area (TPSA) is 75.4 Å². The average molecular weight is 291 g/mol. The number of carbonyl (C=O) groups is 2. The Balaban J connectivity index is 2.59. The Morgan fingerprint density at radius 2 is 1.90 bits per heavy atom. The van der Waals surface area contributed by atoms with Crippen LogP contribution in [0.3, 0.4) is 0 Å². The van der Waals surface area contributed by atoms with Crippen molar-refractivity contribution in [2.75, 3.05) is 14.1 Å². The average Bonchev–Trinajstić information content (AvgIpc) is 2.51. The Kier molecular flexibility index (Phi) is 6.88. The summed E-state index contributed by atoms with van der Waals surface area (Å²) >= 11 is 0. The molecule has 1 unspecified atom stereocenters. The molecule has 21 heavy (non-hydrogen) atoms. The number of nitrogens with zero attached hydrogens (tertiary/aromatic N) is 1. The Hall–Kier alpha value is -1.88. The van der Waals surface area contributed by atoms with E-state index in [-0.39, 0.29) is 11.8 Å². The maximum absolute atomic E-state index is 12.1. The van der Waals surface area contributed by atoms with Crippen molar-refractivity contribution in [1.82, 2.24) is 10.2 Å². The zero-order valence-electron chi connectivity index (χ0n) is 13.1. The molecule has 0 saturated heterocycles. The van der Waals surface area contributed by atoms with Gasteiger partial charge in [0.2, 0.25) is 5.91 Å². The number of rotatable bonds is 7. The highest BCUT2D eigenvalue weighted by Crippen LogP contribution is 2.09. The first-order valence-electron chi connectivity index (χ1n) is 7.31. The van der Waals surface area contributed by atoms with E-state index in [1.54, 1.807) is 31.1 Å². The van der Waals surface area contributed by atoms with Gasteiger partial charge in [-0.25, -0.2) is 0 Å². The quantitative estimate of drug-likeness (QED) is 0.800. The molecule has 0 saturated carbocycles. The van der Waals surface area contributed by atoms with Gasteiger partial charge in [0.1, 0.15) is 0 Å². The van der Waals surface area contributed by atoms with Crippen LogP contribution in [0, 0.1) is 0 Å². The molecule has 5 nitrogen and oxygen atoms in total. The van der Waals surface area contributed by atoms with Crippen molar-refractivity contribution in [3.05, 3.63) is 35.4 Å². The van der Waals surface area contributed by atoms with Gasteiger partial charge in [0.05, 0.1) is 6.04 Å². The van der Waals surface area contributed by atoms with Crippen LogP contribution in [0.5, 0.6) is 0 Å². The molecule has 0 heterocycles. The number of nitrogens with one attached hydrogen (secondary N) is 1. The summed E-state index contributed by atoms with van der Waals surface area (Å²) in [6.45, 7) is 2.57. The summed E-state index contributed by atoms with van der Waals surface area (Å²) in [7, 11) is 3.35. The molecule has 3 N–H and O–H groups in total. The van der Waals surface area contributed by atoms with Crippen LogP contribution < -0.4 is 11.1 Å². The fourth-order valence-electron chi connectivity index (χ4n) is 2.09. The second-order valence-electron chi connectivity index (χ2n) is 5.22. The molecule has 116 valence electrons. The van der Waals surface area contributed by atoms with E-state index >= 15 is 0 Å². The van der Waals surface area contributed by atoms with Gasteiger partial charge in [-0.05, 0) is 24.1 Å². The molecule has 0 radical (unpaired) electrons. The van der Waals surface area contributed by atoms with Crippen LogP contribution in [0.4, 0.5) is 0 Å². The van der Waals surface area contributed by atoms with Crippen molar-refractivity contribution in [3.63, 3.8) is 0 Å². The van der Waals surface area contributed by atoms with Crippen molar-refractivity contribution < 1.29 is 9.59 Å². The number of unbranched alkanes of at least 4 members (excludes halogenated alkanes) is 1. The number of benzene rings is 1. The zero-order valence-corrected chi connectivity index (χ0v) is 13.1. The van der Waals surface area contributed by atoms with Gasteiger partial charge in [-0.1, -0.05) is 31.9 Å². The van der Waals surface area contributed by atoms with Crippen LogP contribution in [0.15, 0.2) is 24.3 Å². The molecule has 0 aliphatic heterocycles. The van der Waals surface area contributed by atoms with Crippen LogP contribution in [-0.4, -0.2) is 36.9 Å². The summed E-state index contributed by atoms with van der Waals surface area (Å²) in [5, 5.41) is 2.57. The molecule has 0 aliphatic carbocycles. The van der Waals surface area contributed by atoms with E-state index in [0.717, 1.165) is 24.8 Å². The summed E-state index contributed by atoms with van der Waals surface area (Å²) in [4.78, 5) is 25.2. The Morgan fingerprint density at radius 1 is 1.29 bits per heavy atom. The Labute approximate surface area is 126 Å². The van der Waals surface area contributed by atoms with E-state index in [1.807, 2.05) is 12.1 Å². The molecule has 0 spiro atoms. The van der Waals surface area contributed by atoms with Crippen LogP contribution >= 0.6 is 0 Å². The first-order valence-corrected chi connectivity index (χ1v) is 7.31. The second kappa shape index (κ2) is 8.42. The molecule has 2 amide bonds. The van der Waals surface area contributed by atoms with Gasteiger partial charge in [0.25, 0.3) is 5.91 Å². The molecule has 0 fully saturated rings. The van der Waals surface area contributed by atoms with E-state index in [2.05, 4.69) is 12.2 Å². The van der Waals surface area contributed by atoms with Crippen molar-refractivity contribution in [1.29, 1.82) is 0 Å². The molecule has 1 rings (SSSR count). The standard InChI is InChI=1S/C16H25N3O2/c1-4-5-6-14(17)16(21)19(3)11-12-7-9-13(10-8-12)15(20)18-2/h7-10,14H,4-6,11,17H2,1-3H3,(H,18,20). The zero-order chi connectivity index (χ0) is 15.8. The van der Waals surface area contributed by atoms with Crippen molar-refractivity contribution in [2.45, 2.75) is 38.8 Å². The van der Waals surface area contributed by atoms with Crippen molar-refractivity contribution in [3.8, 4) is 0 Å². The normalized spacial score (nSPS) is 11.8. The van der Waals surface area contributed by atoms with E-state index in [4.69, 9.17) is 5.73 Å². The first-order chi connectivity index (χ1) is 9.99. The second-order valence-corrected chi connectivity index (χ2v) is 5.22. The lowest BCUT2D eigenvalue weighted by molar-refractivity contribution is -0.132. The highest BCUT2D eigenvalue weighted by atomic mass is 16.2. The van der Waals surface area contributed by atoms with E-state index in [1.165, 1.54) is 0 Å². The van der Waals surface area contributed by atoms with Gasteiger partial charge >= 0.3 is 0 Å². The lowest BCUT2D eigenvalue weighted by Crippen LogP contribution is -2.41. The number of likely N-dealkylation sites (N-methyl/N-ethyl adjacent to an activating group) is 1. The number of carbonyl (C=O) groups excluding carboxylic acids is 2. The van der Waals surface area contributed by atoms with Crippen LogP contribution in [0.25, 0.3) is 0 Å². The third kappa shape index (κ3) is 5.19. The number of nitrogens with two attached hydrogens (primary N) is 1. The lowest BCUT2D eigenvalue weighted by atomic mass is 10.1. The van der Waals surface area contributed by atoms with Crippen LogP contribution in [0.1, 0.15) is 42.1 Å². The molecule has 0 bridgehead atoms. The number of hydrogen-bond acceptors (Lipinski definition) is 3. The van der Waals surface area contributed by atoms with E-state index < -0.39 is 6.04 Å². The SMILES string of the molecule is CCCCC(N)C(=O)N(C)Cc1ccc(C(=O)NC)cc1. The smallest absolute Gasteiger partial charge is 0.251 e. The van der Waals surface area contributed by atoms with Gasteiger partial charge < -0.3 is 16.0 Å². The highest BCUT2D eigenvalue weighted by Gasteiger charge is 2.17. The molecular formula is C16H25N3O2. The summed E-state index contributed by atoms with van der Waals surface area (Å²) in [6, 6.07) is 6.78. The Morgan fingerprint density at radius 3 is 2.43 bits per heavy atom. The maximum Gasteiger partial charge on any atom is 0.251 e. The number of hydrogen-bond donors (Lipinski definition) is 2. The minimum absolute atomic E-state index is 0.0428. The molecule has 0 aliphatic rings. The van der Waals surface area contributed by atoms with Crippen LogP contribution in [-0.2, 0) is 11.3 Å².